The summed E-state index contributed by atoms with van der Waals surface area (Å²) in [5.74, 6) is 0. The SMILES string of the molecule is CC(C)=NSOC(C)(C)C. The zero-order chi connectivity index (χ0) is 8.20. The molecule has 0 bridgehead atoms. The minimum atomic E-state index is -0.108. The third-order valence-electron chi connectivity index (χ3n) is 0.507. The molecule has 0 fully saturated rings. The molecular weight excluding hydrogens is 146 g/mol. The van der Waals surface area contributed by atoms with Crippen molar-refractivity contribution in [1.29, 1.82) is 0 Å². The summed E-state index contributed by atoms with van der Waals surface area (Å²) >= 11 is 1.16. The first-order valence-corrected chi connectivity index (χ1v) is 3.98. The predicted molar refractivity (Wildman–Crippen MR) is 47.2 cm³/mol. The third-order valence-corrected chi connectivity index (χ3v) is 1.52. The number of hydrogen-bond donors (Lipinski definition) is 0. The first kappa shape index (κ1) is 9.98. The Hall–Kier alpha value is -0.0200. The van der Waals surface area contributed by atoms with E-state index in [-0.39, 0.29) is 5.60 Å². The molecule has 2 nitrogen and oxygen atoms in total. The van der Waals surface area contributed by atoms with Crippen molar-refractivity contribution in [2.24, 2.45) is 4.40 Å². The van der Waals surface area contributed by atoms with Gasteiger partial charge in [0.1, 0.15) is 12.2 Å². The van der Waals surface area contributed by atoms with Gasteiger partial charge in [-0.3, -0.25) is 4.18 Å². The molecule has 10 heavy (non-hydrogen) atoms. The van der Waals surface area contributed by atoms with Gasteiger partial charge in [-0.15, -0.1) is 0 Å². The second kappa shape index (κ2) is 3.98. The van der Waals surface area contributed by atoms with E-state index in [2.05, 4.69) is 4.40 Å². The summed E-state index contributed by atoms with van der Waals surface area (Å²) in [5, 5.41) is 0. The highest BCUT2D eigenvalue weighted by molar-refractivity contribution is 7.93. The summed E-state index contributed by atoms with van der Waals surface area (Å²) in [5.41, 5.74) is 0.915. The van der Waals surface area contributed by atoms with Crippen molar-refractivity contribution in [2.75, 3.05) is 0 Å². The first-order valence-electron chi connectivity index (χ1n) is 3.28. The summed E-state index contributed by atoms with van der Waals surface area (Å²) in [6, 6.07) is 0. The van der Waals surface area contributed by atoms with Gasteiger partial charge in [-0.05, 0) is 34.6 Å². The van der Waals surface area contributed by atoms with E-state index in [1.54, 1.807) is 0 Å². The quantitative estimate of drug-likeness (QED) is 0.353. The normalized spacial score (nSPS) is 11.3. The van der Waals surface area contributed by atoms with Crippen LogP contribution in [0.2, 0.25) is 0 Å². The Morgan fingerprint density at radius 3 is 2.10 bits per heavy atom. The van der Waals surface area contributed by atoms with Crippen molar-refractivity contribution >= 4 is 17.9 Å². The molecule has 0 heterocycles. The minimum Gasteiger partial charge on any atom is -0.290 e. The topological polar surface area (TPSA) is 21.6 Å². The average molecular weight is 161 g/mol. The summed E-state index contributed by atoms with van der Waals surface area (Å²) in [7, 11) is 0. The summed E-state index contributed by atoms with van der Waals surface area (Å²) in [4.78, 5) is 0. The molecule has 0 aliphatic heterocycles. The van der Waals surface area contributed by atoms with Gasteiger partial charge in [-0.2, -0.15) is 4.40 Å². The van der Waals surface area contributed by atoms with E-state index in [9.17, 15) is 0 Å². The molecule has 0 saturated heterocycles. The second-order valence-corrected chi connectivity index (χ2v) is 3.81. The molecule has 0 aliphatic carbocycles. The van der Waals surface area contributed by atoms with Crippen molar-refractivity contribution in [2.45, 2.75) is 40.2 Å². The molecular formula is C7H15NOS. The van der Waals surface area contributed by atoms with Gasteiger partial charge in [0.05, 0.1) is 5.60 Å². The smallest absolute Gasteiger partial charge is 0.136 e. The molecule has 0 N–H and O–H groups in total. The van der Waals surface area contributed by atoms with Crippen LogP contribution >= 0.6 is 12.2 Å². The molecule has 0 unspecified atom stereocenters. The maximum Gasteiger partial charge on any atom is 0.136 e. The van der Waals surface area contributed by atoms with E-state index < -0.39 is 0 Å². The van der Waals surface area contributed by atoms with E-state index in [4.69, 9.17) is 4.18 Å². The van der Waals surface area contributed by atoms with Crippen LogP contribution in [-0.2, 0) is 4.18 Å². The van der Waals surface area contributed by atoms with Crippen LogP contribution in [0.25, 0.3) is 0 Å². The zero-order valence-corrected chi connectivity index (χ0v) is 8.08. The lowest BCUT2D eigenvalue weighted by atomic mass is 10.2. The van der Waals surface area contributed by atoms with Crippen LogP contribution in [0.1, 0.15) is 34.6 Å². The van der Waals surface area contributed by atoms with E-state index in [1.807, 2.05) is 34.6 Å². The largest absolute Gasteiger partial charge is 0.290 e. The molecule has 0 atom stereocenters. The van der Waals surface area contributed by atoms with Crippen molar-refractivity contribution in [3.05, 3.63) is 0 Å². The van der Waals surface area contributed by atoms with Gasteiger partial charge < -0.3 is 0 Å². The Kier molecular flexibility index (Phi) is 3.98. The van der Waals surface area contributed by atoms with Crippen LogP contribution in [-0.4, -0.2) is 11.3 Å². The van der Waals surface area contributed by atoms with Gasteiger partial charge in [0.2, 0.25) is 0 Å². The Morgan fingerprint density at radius 2 is 1.80 bits per heavy atom. The monoisotopic (exact) mass is 161 g/mol. The Bertz CT molecular complexity index is 122. The molecule has 0 aromatic carbocycles. The zero-order valence-electron chi connectivity index (χ0n) is 7.26. The van der Waals surface area contributed by atoms with Gasteiger partial charge in [0, 0.05) is 5.71 Å². The van der Waals surface area contributed by atoms with Crippen molar-refractivity contribution in [1.82, 2.24) is 0 Å². The van der Waals surface area contributed by atoms with Gasteiger partial charge in [-0.25, -0.2) is 0 Å². The summed E-state index contributed by atoms with van der Waals surface area (Å²) in [6.45, 7) is 9.89. The molecule has 0 amide bonds. The highest BCUT2D eigenvalue weighted by Crippen LogP contribution is 2.17. The van der Waals surface area contributed by atoms with Crippen LogP contribution in [0.5, 0.6) is 0 Å². The Labute approximate surface area is 67.4 Å². The maximum atomic E-state index is 5.27. The van der Waals surface area contributed by atoms with Crippen molar-refractivity contribution in [3.8, 4) is 0 Å². The number of rotatable bonds is 2. The molecule has 60 valence electrons. The first-order chi connectivity index (χ1) is 4.42. The predicted octanol–water partition coefficient (Wildman–Crippen LogP) is 2.85. The van der Waals surface area contributed by atoms with E-state index in [0.717, 1.165) is 17.9 Å². The maximum absolute atomic E-state index is 5.27. The van der Waals surface area contributed by atoms with Crippen LogP contribution in [0.15, 0.2) is 4.40 Å². The molecule has 0 aliphatic rings. The molecule has 3 heteroatoms. The van der Waals surface area contributed by atoms with Crippen LogP contribution in [0.4, 0.5) is 0 Å². The van der Waals surface area contributed by atoms with Crippen LogP contribution in [0.3, 0.4) is 0 Å². The molecule has 0 aromatic rings. The fourth-order valence-electron chi connectivity index (χ4n) is 0.205. The van der Waals surface area contributed by atoms with Gasteiger partial charge in [-0.1, -0.05) is 0 Å². The van der Waals surface area contributed by atoms with Crippen molar-refractivity contribution < 1.29 is 4.18 Å². The number of hydrogen-bond acceptors (Lipinski definition) is 3. The Morgan fingerprint density at radius 1 is 1.30 bits per heavy atom. The van der Waals surface area contributed by atoms with Crippen LogP contribution in [0, 0.1) is 0 Å². The molecule has 0 aromatic heterocycles. The number of nitrogens with zero attached hydrogens (tertiary/aromatic N) is 1. The van der Waals surface area contributed by atoms with Crippen LogP contribution < -0.4 is 0 Å². The lowest BCUT2D eigenvalue weighted by Gasteiger charge is -2.15. The fraction of sp³-hybridized carbons (Fsp3) is 0.857. The van der Waals surface area contributed by atoms with Gasteiger partial charge >= 0.3 is 0 Å². The lowest BCUT2D eigenvalue weighted by molar-refractivity contribution is 0.165. The average Bonchev–Trinajstić information content (AvgIpc) is 1.59. The summed E-state index contributed by atoms with van der Waals surface area (Å²) in [6.07, 6.45) is 0. The molecule has 0 saturated carbocycles. The molecule has 0 radical (unpaired) electrons. The Balaban J connectivity index is 3.47. The second-order valence-electron chi connectivity index (χ2n) is 3.31. The minimum absolute atomic E-state index is 0.108. The van der Waals surface area contributed by atoms with Gasteiger partial charge in [0.25, 0.3) is 0 Å². The van der Waals surface area contributed by atoms with Gasteiger partial charge in [0.15, 0.2) is 0 Å². The van der Waals surface area contributed by atoms with Crippen molar-refractivity contribution in [3.63, 3.8) is 0 Å². The lowest BCUT2D eigenvalue weighted by Crippen LogP contribution is -2.14. The standard InChI is InChI=1S/C7H15NOS/c1-6(2)8-10-9-7(3,4)5/h1-5H3. The van der Waals surface area contributed by atoms with E-state index in [1.165, 1.54) is 0 Å². The fourth-order valence-corrected chi connectivity index (χ4v) is 0.615. The summed E-state index contributed by atoms with van der Waals surface area (Å²) < 4.78 is 9.29. The molecule has 0 spiro atoms. The van der Waals surface area contributed by atoms with E-state index >= 15 is 0 Å². The third kappa shape index (κ3) is 7.98. The molecule has 0 rings (SSSR count). The van der Waals surface area contributed by atoms with E-state index in [0.29, 0.717) is 0 Å². The highest BCUT2D eigenvalue weighted by atomic mass is 32.2. The highest BCUT2D eigenvalue weighted by Gasteiger charge is 2.09.